The molecule has 0 unspecified atom stereocenters. The Morgan fingerprint density at radius 2 is 1.29 bits per heavy atom. The monoisotopic (exact) mass is 437 g/mol. The first-order chi connectivity index (χ1) is 16.8. The number of allylic oxidation sites excluding steroid dienone is 1. The highest BCUT2D eigenvalue weighted by Gasteiger charge is 2.13. The fraction of sp³-hybridized carbons (Fsp3) is 0.0323. The molecule has 0 N–H and O–H groups in total. The van der Waals surface area contributed by atoms with Gasteiger partial charge in [0.15, 0.2) is 0 Å². The normalized spacial score (nSPS) is 12.6. The predicted octanol–water partition coefficient (Wildman–Crippen LogP) is 7.20. The Hall–Kier alpha value is -4.50. The minimum absolute atomic E-state index is 0.860. The molecule has 0 spiro atoms. The number of hydrogen-bond donors (Lipinski definition) is 0. The Morgan fingerprint density at radius 1 is 0.647 bits per heavy atom. The molecule has 1 aromatic heterocycles. The minimum atomic E-state index is 0.860. The van der Waals surface area contributed by atoms with Gasteiger partial charge in [-0.3, -0.25) is 0 Å². The minimum Gasteiger partial charge on any atom is -0.156 e. The number of rotatable bonds is 5. The van der Waals surface area contributed by atoms with E-state index in [1.807, 2.05) is 30.3 Å². The van der Waals surface area contributed by atoms with Gasteiger partial charge in [-0.05, 0) is 51.9 Å². The number of nitrogens with zero attached hydrogens (tertiary/aromatic N) is 3. The molecule has 34 heavy (non-hydrogen) atoms. The molecule has 0 bridgehead atoms. The molecule has 0 fully saturated rings. The van der Waals surface area contributed by atoms with Crippen molar-refractivity contribution in [3.05, 3.63) is 137 Å². The van der Waals surface area contributed by atoms with Crippen LogP contribution in [0.15, 0.2) is 109 Å². The SMILES string of the molecule is C(=Cc1ccc(-c2cnn(-c3ccccc3)n2)cc1)c1ccc(C2=Cc3ccccc3C2)cc1. The highest BCUT2D eigenvalue weighted by Crippen LogP contribution is 2.31. The second kappa shape index (κ2) is 8.80. The molecule has 1 aliphatic carbocycles. The molecular weight excluding hydrogens is 414 g/mol. The fourth-order valence-electron chi connectivity index (χ4n) is 4.31. The van der Waals surface area contributed by atoms with Crippen molar-refractivity contribution in [1.82, 2.24) is 15.0 Å². The molecule has 4 aromatic carbocycles. The number of hydrogen-bond acceptors (Lipinski definition) is 2. The summed E-state index contributed by atoms with van der Waals surface area (Å²) in [4.78, 5) is 1.66. The van der Waals surface area contributed by atoms with E-state index in [4.69, 9.17) is 0 Å². The molecule has 0 amide bonds. The Bertz CT molecular complexity index is 1490. The summed E-state index contributed by atoms with van der Waals surface area (Å²) in [5, 5.41) is 9.01. The van der Waals surface area contributed by atoms with Gasteiger partial charge in [-0.1, -0.05) is 109 Å². The van der Waals surface area contributed by atoms with Crippen molar-refractivity contribution in [3.8, 4) is 16.9 Å². The van der Waals surface area contributed by atoms with E-state index in [2.05, 4.69) is 101 Å². The molecule has 1 heterocycles. The second-order valence-corrected chi connectivity index (χ2v) is 8.48. The van der Waals surface area contributed by atoms with Crippen LogP contribution in [-0.2, 0) is 6.42 Å². The van der Waals surface area contributed by atoms with E-state index in [1.54, 1.807) is 11.0 Å². The van der Waals surface area contributed by atoms with Crippen LogP contribution in [0.5, 0.6) is 0 Å². The average molecular weight is 438 g/mol. The van der Waals surface area contributed by atoms with E-state index < -0.39 is 0 Å². The maximum Gasteiger partial charge on any atom is 0.113 e. The smallest absolute Gasteiger partial charge is 0.113 e. The Morgan fingerprint density at radius 3 is 2.00 bits per heavy atom. The third kappa shape index (κ3) is 4.12. The number of aromatic nitrogens is 3. The van der Waals surface area contributed by atoms with Gasteiger partial charge in [0.1, 0.15) is 5.69 Å². The third-order valence-electron chi connectivity index (χ3n) is 6.20. The molecule has 3 heteroatoms. The highest BCUT2D eigenvalue weighted by molar-refractivity contribution is 5.88. The zero-order valence-electron chi connectivity index (χ0n) is 18.7. The summed E-state index contributed by atoms with van der Waals surface area (Å²) < 4.78 is 0. The maximum absolute atomic E-state index is 4.61. The van der Waals surface area contributed by atoms with Crippen molar-refractivity contribution in [1.29, 1.82) is 0 Å². The largest absolute Gasteiger partial charge is 0.156 e. The standard InChI is InChI=1S/C31H23N3/c1-2-8-30(9-3-1)34-32-22-31(33-34)26-18-14-24(15-19-26)11-10-23-12-16-25(17-13-23)29-20-27-6-4-5-7-28(27)21-29/h1-20,22H,21H2. The average Bonchev–Trinajstić information content (AvgIpc) is 3.57. The quantitative estimate of drug-likeness (QED) is 0.272. The van der Waals surface area contributed by atoms with E-state index in [0.717, 1.165) is 28.9 Å². The highest BCUT2D eigenvalue weighted by atomic mass is 15.5. The van der Waals surface area contributed by atoms with Crippen molar-refractivity contribution in [2.75, 3.05) is 0 Å². The van der Waals surface area contributed by atoms with Gasteiger partial charge in [-0.2, -0.15) is 9.90 Å². The van der Waals surface area contributed by atoms with Gasteiger partial charge < -0.3 is 0 Å². The van der Waals surface area contributed by atoms with Crippen LogP contribution < -0.4 is 0 Å². The van der Waals surface area contributed by atoms with E-state index >= 15 is 0 Å². The molecule has 5 aromatic rings. The Balaban J connectivity index is 1.13. The first-order valence-corrected chi connectivity index (χ1v) is 11.5. The van der Waals surface area contributed by atoms with Crippen molar-refractivity contribution in [2.45, 2.75) is 6.42 Å². The fourth-order valence-corrected chi connectivity index (χ4v) is 4.31. The summed E-state index contributed by atoms with van der Waals surface area (Å²) >= 11 is 0. The summed E-state index contributed by atoms with van der Waals surface area (Å²) in [5.74, 6) is 0. The lowest BCUT2D eigenvalue weighted by Gasteiger charge is -2.03. The molecule has 0 aliphatic heterocycles. The summed E-state index contributed by atoms with van der Waals surface area (Å²) in [7, 11) is 0. The van der Waals surface area contributed by atoms with Crippen molar-refractivity contribution >= 4 is 23.8 Å². The first kappa shape index (κ1) is 20.1. The lowest BCUT2D eigenvalue weighted by molar-refractivity contribution is 0.754. The summed E-state index contributed by atoms with van der Waals surface area (Å²) in [6.45, 7) is 0. The molecule has 6 rings (SSSR count). The van der Waals surface area contributed by atoms with Crippen LogP contribution in [0.3, 0.4) is 0 Å². The molecule has 162 valence electrons. The van der Waals surface area contributed by atoms with Gasteiger partial charge >= 0.3 is 0 Å². The van der Waals surface area contributed by atoms with Crippen LogP contribution in [0.1, 0.15) is 27.8 Å². The molecule has 0 saturated heterocycles. The van der Waals surface area contributed by atoms with Crippen molar-refractivity contribution in [3.63, 3.8) is 0 Å². The molecule has 0 atom stereocenters. The molecule has 0 radical (unpaired) electrons. The van der Waals surface area contributed by atoms with Gasteiger partial charge in [-0.25, -0.2) is 0 Å². The van der Waals surface area contributed by atoms with Crippen LogP contribution in [0.4, 0.5) is 0 Å². The van der Waals surface area contributed by atoms with E-state index in [1.165, 1.54) is 27.8 Å². The van der Waals surface area contributed by atoms with E-state index in [9.17, 15) is 0 Å². The Labute approximate surface area is 199 Å². The zero-order chi connectivity index (χ0) is 22.7. The predicted molar refractivity (Wildman–Crippen MR) is 140 cm³/mol. The van der Waals surface area contributed by atoms with Gasteiger partial charge in [0.25, 0.3) is 0 Å². The van der Waals surface area contributed by atoms with Gasteiger partial charge in [0.2, 0.25) is 0 Å². The number of para-hydroxylation sites is 1. The van der Waals surface area contributed by atoms with Crippen LogP contribution in [0.25, 0.3) is 40.7 Å². The van der Waals surface area contributed by atoms with Crippen molar-refractivity contribution < 1.29 is 0 Å². The third-order valence-corrected chi connectivity index (χ3v) is 6.20. The summed E-state index contributed by atoms with van der Waals surface area (Å²) in [6, 6.07) is 35.8. The van der Waals surface area contributed by atoms with Gasteiger partial charge in [0, 0.05) is 5.56 Å². The van der Waals surface area contributed by atoms with E-state index in [-0.39, 0.29) is 0 Å². The van der Waals surface area contributed by atoms with Crippen molar-refractivity contribution in [2.24, 2.45) is 0 Å². The van der Waals surface area contributed by atoms with Crippen LogP contribution >= 0.6 is 0 Å². The summed E-state index contributed by atoms with van der Waals surface area (Å²) in [6.07, 6.45) is 9.42. The van der Waals surface area contributed by atoms with Crippen LogP contribution in [0.2, 0.25) is 0 Å². The van der Waals surface area contributed by atoms with E-state index in [0.29, 0.717) is 0 Å². The zero-order valence-corrected chi connectivity index (χ0v) is 18.7. The number of fused-ring (bicyclic) bond motifs is 1. The van der Waals surface area contributed by atoms with Gasteiger partial charge in [-0.15, -0.1) is 5.10 Å². The van der Waals surface area contributed by atoms with Gasteiger partial charge in [0.05, 0.1) is 11.9 Å². The molecular formula is C31H23N3. The number of benzene rings is 4. The lowest BCUT2D eigenvalue weighted by Crippen LogP contribution is -1.97. The molecule has 0 saturated carbocycles. The second-order valence-electron chi connectivity index (χ2n) is 8.48. The lowest BCUT2D eigenvalue weighted by atomic mass is 10.0. The first-order valence-electron chi connectivity index (χ1n) is 11.5. The Kier molecular flexibility index (Phi) is 5.21. The summed E-state index contributed by atoms with van der Waals surface area (Å²) in [5.41, 5.74) is 10.6. The molecule has 3 nitrogen and oxygen atoms in total. The van der Waals surface area contributed by atoms with Crippen LogP contribution in [-0.4, -0.2) is 15.0 Å². The van der Waals surface area contributed by atoms with Crippen LogP contribution in [0, 0.1) is 0 Å². The topological polar surface area (TPSA) is 30.7 Å². The molecule has 1 aliphatic rings. The maximum atomic E-state index is 4.61.